The van der Waals surface area contributed by atoms with Crippen molar-refractivity contribution in [2.75, 3.05) is 5.75 Å². The van der Waals surface area contributed by atoms with Crippen LogP contribution in [-0.2, 0) is 21.9 Å². The summed E-state index contributed by atoms with van der Waals surface area (Å²) in [5.41, 5.74) is 1.61. The number of carbonyl (C=O) groups excluding carboxylic acids is 2. The van der Waals surface area contributed by atoms with E-state index in [-0.39, 0.29) is 30.2 Å². The fourth-order valence-electron chi connectivity index (χ4n) is 4.29. The Kier molecular flexibility index (Phi) is 11.4. The molecular weight excluding hydrogens is 546 g/mol. The molecule has 2 aromatic carbocycles. The van der Waals surface area contributed by atoms with Crippen LogP contribution in [0.15, 0.2) is 36.4 Å². The van der Waals surface area contributed by atoms with Crippen molar-refractivity contribution in [1.29, 1.82) is 0 Å². The Labute approximate surface area is 232 Å². The zero-order valence-electron chi connectivity index (χ0n) is 19.7. The number of thioether (sulfide) groups is 1. The highest BCUT2D eigenvalue weighted by atomic mass is 35.5. The van der Waals surface area contributed by atoms with E-state index in [4.69, 9.17) is 46.4 Å². The third-order valence-corrected chi connectivity index (χ3v) is 8.60. The molecule has 0 radical (unpaired) electrons. The van der Waals surface area contributed by atoms with E-state index in [1.807, 2.05) is 13.0 Å². The molecule has 0 spiro atoms. The molecule has 0 aliphatic heterocycles. The van der Waals surface area contributed by atoms with Crippen LogP contribution in [0.4, 0.5) is 0 Å². The summed E-state index contributed by atoms with van der Waals surface area (Å²) < 4.78 is 0. The Balaban J connectivity index is 1.75. The van der Waals surface area contributed by atoms with E-state index in [1.54, 1.807) is 35.2 Å². The SMILES string of the molecule is CC[C@H](C(=O)NC1CCCCC1)N(Cc1ccc(Cl)c(Cl)c1)C(=O)CSCc1c(Cl)cccc1Cl. The highest BCUT2D eigenvalue weighted by molar-refractivity contribution is 7.99. The van der Waals surface area contributed by atoms with E-state index in [9.17, 15) is 9.59 Å². The molecule has 3 rings (SSSR count). The van der Waals surface area contributed by atoms with Gasteiger partial charge in [0.25, 0.3) is 0 Å². The van der Waals surface area contributed by atoms with Crippen LogP contribution in [0.3, 0.4) is 0 Å². The molecule has 1 aliphatic rings. The average molecular weight is 576 g/mol. The van der Waals surface area contributed by atoms with Crippen molar-refractivity contribution >= 4 is 70.0 Å². The lowest BCUT2D eigenvalue weighted by atomic mass is 9.95. The van der Waals surface area contributed by atoms with Gasteiger partial charge in [-0.15, -0.1) is 11.8 Å². The van der Waals surface area contributed by atoms with Gasteiger partial charge in [0.15, 0.2) is 0 Å². The van der Waals surface area contributed by atoms with Crippen molar-refractivity contribution in [1.82, 2.24) is 10.2 Å². The third kappa shape index (κ3) is 8.19. The topological polar surface area (TPSA) is 49.4 Å². The van der Waals surface area contributed by atoms with Crippen LogP contribution in [0.1, 0.15) is 56.6 Å². The summed E-state index contributed by atoms with van der Waals surface area (Å²) in [6.45, 7) is 2.19. The van der Waals surface area contributed by atoms with Gasteiger partial charge < -0.3 is 10.2 Å². The van der Waals surface area contributed by atoms with Gasteiger partial charge in [-0.1, -0.05) is 84.7 Å². The van der Waals surface area contributed by atoms with Crippen LogP contribution in [0, 0.1) is 0 Å². The zero-order valence-corrected chi connectivity index (χ0v) is 23.5. The van der Waals surface area contributed by atoms with Crippen molar-refractivity contribution in [2.45, 2.75) is 69.8 Å². The van der Waals surface area contributed by atoms with Gasteiger partial charge in [0.1, 0.15) is 6.04 Å². The molecule has 35 heavy (non-hydrogen) atoms. The Morgan fingerprint density at radius 2 is 1.69 bits per heavy atom. The van der Waals surface area contributed by atoms with Crippen LogP contribution in [0.25, 0.3) is 0 Å². The highest BCUT2D eigenvalue weighted by Crippen LogP contribution is 2.29. The lowest BCUT2D eigenvalue weighted by Crippen LogP contribution is -2.52. The van der Waals surface area contributed by atoms with Gasteiger partial charge in [-0.2, -0.15) is 0 Å². The Morgan fingerprint density at radius 3 is 2.31 bits per heavy atom. The molecule has 0 bridgehead atoms. The first kappa shape index (κ1) is 28.5. The minimum Gasteiger partial charge on any atom is -0.352 e. The standard InChI is InChI=1S/C26H30Cl4N2O2S/c1-2-24(26(34)31-18-7-4-3-5-8-18)32(14-17-11-12-22(29)23(30)13-17)25(33)16-35-15-19-20(27)9-6-10-21(19)28/h6,9-13,18,24H,2-5,7-8,14-16H2,1H3,(H,31,34)/t24-/m1/s1. The number of rotatable bonds is 10. The van der Waals surface area contributed by atoms with Crippen molar-refractivity contribution in [3.05, 3.63) is 67.6 Å². The van der Waals surface area contributed by atoms with Gasteiger partial charge in [0.2, 0.25) is 11.8 Å². The largest absolute Gasteiger partial charge is 0.352 e. The summed E-state index contributed by atoms with van der Waals surface area (Å²) in [6.07, 6.45) is 5.92. The molecule has 9 heteroatoms. The summed E-state index contributed by atoms with van der Waals surface area (Å²) in [5, 5.41) is 5.19. The molecule has 1 N–H and O–H groups in total. The monoisotopic (exact) mass is 574 g/mol. The molecule has 4 nitrogen and oxygen atoms in total. The van der Waals surface area contributed by atoms with Crippen LogP contribution in [-0.4, -0.2) is 34.6 Å². The number of hydrogen-bond donors (Lipinski definition) is 1. The van der Waals surface area contributed by atoms with Crippen LogP contribution < -0.4 is 5.32 Å². The third-order valence-electron chi connectivity index (χ3n) is 6.21. The fraction of sp³-hybridized carbons (Fsp3) is 0.462. The van der Waals surface area contributed by atoms with Crippen molar-refractivity contribution in [3.63, 3.8) is 0 Å². The van der Waals surface area contributed by atoms with E-state index >= 15 is 0 Å². The number of amides is 2. The maximum atomic E-state index is 13.5. The van der Waals surface area contributed by atoms with E-state index in [0.29, 0.717) is 32.3 Å². The van der Waals surface area contributed by atoms with Crippen LogP contribution >= 0.6 is 58.2 Å². The van der Waals surface area contributed by atoms with Crippen molar-refractivity contribution < 1.29 is 9.59 Å². The first-order valence-corrected chi connectivity index (χ1v) is 14.5. The maximum absolute atomic E-state index is 13.5. The summed E-state index contributed by atoms with van der Waals surface area (Å²) in [6, 6.07) is 10.2. The quantitative estimate of drug-likeness (QED) is 0.314. The lowest BCUT2D eigenvalue weighted by molar-refractivity contribution is -0.139. The predicted molar refractivity (Wildman–Crippen MR) is 149 cm³/mol. The molecule has 1 fully saturated rings. The maximum Gasteiger partial charge on any atom is 0.243 e. The summed E-state index contributed by atoms with van der Waals surface area (Å²) in [7, 11) is 0. The van der Waals surface area contributed by atoms with Gasteiger partial charge in [0, 0.05) is 28.4 Å². The first-order valence-electron chi connectivity index (χ1n) is 11.8. The summed E-state index contributed by atoms with van der Waals surface area (Å²) in [5.74, 6) is 0.452. The smallest absolute Gasteiger partial charge is 0.243 e. The number of halogens is 4. The van der Waals surface area contributed by atoms with E-state index < -0.39 is 6.04 Å². The molecule has 1 aliphatic carbocycles. The molecule has 1 atom stereocenters. The van der Waals surface area contributed by atoms with E-state index in [1.165, 1.54) is 18.2 Å². The second-order valence-electron chi connectivity index (χ2n) is 8.73. The van der Waals surface area contributed by atoms with Gasteiger partial charge in [-0.25, -0.2) is 0 Å². The van der Waals surface area contributed by atoms with Crippen LogP contribution in [0.5, 0.6) is 0 Å². The number of nitrogens with zero attached hydrogens (tertiary/aromatic N) is 1. The molecule has 0 unspecified atom stereocenters. The number of carbonyl (C=O) groups is 2. The first-order chi connectivity index (χ1) is 16.8. The molecule has 0 aromatic heterocycles. The predicted octanol–water partition coefficient (Wildman–Crippen LogP) is 7.79. The van der Waals surface area contributed by atoms with Crippen molar-refractivity contribution in [2.24, 2.45) is 0 Å². The molecular formula is C26H30Cl4N2O2S. The van der Waals surface area contributed by atoms with E-state index in [2.05, 4.69) is 5.32 Å². The van der Waals surface area contributed by atoms with Gasteiger partial charge in [-0.05, 0) is 54.7 Å². The molecule has 0 saturated heterocycles. The Hall–Kier alpha value is -1.11. The van der Waals surface area contributed by atoms with Gasteiger partial charge in [-0.3, -0.25) is 9.59 Å². The van der Waals surface area contributed by atoms with Crippen LogP contribution in [0.2, 0.25) is 20.1 Å². The average Bonchev–Trinajstić information content (AvgIpc) is 2.83. The second kappa shape index (κ2) is 14.0. The minimum absolute atomic E-state index is 0.105. The molecule has 0 heterocycles. The number of benzene rings is 2. The summed E-state index contributed by atoms with van der Waals surface area (Å²) in [4.78, 5) is 28.4. The number of nitrogens with one attached hydrogen (secondary N) is 1. The van der Waals surface area contributed by atoms with E-state index in [0.717, 1.165) is 36.8 Å². The highest BCUT2D eigenvalue weighted by Gasteiger charge is 2.30. The molecule has 1 saturated carbocycles. The lowest BCUT2D eigenvalue weighted by Gasteiger charge is -2.33. The van der Waals surface area contributed by atoms with Gasteiger partial charge >= 0.3 is 0 Å². The molecule has 2 aromatic rings. The van der Waals surface area contributed by atoms with Gasteiger partial charge in [0.05, 0.1) is 15.8 Å². The Bertz CT molecular complexity index is 1010. The fourth-order valence-corrected chi connectivity index (χ4v) is 6.26. The normalized spacial score (nSPS) is 15.0. The number of hydrogen-bond acceptors (Lipinski definition) is 3. The second-order valence-corrected chi connectivity index (χ2v) is 11.3. The minimum atomic E-state index is -0.580. The Morgan fingerprint density at radius 1 is 1.00 bits per heavy atom. The molecule has 190 valence electrons. The molecule has 2 amide bonds. The van der Waals surface area contributed by atoms with Crippen molar-refractivity contribution in [3.8, 4) is 0 Å². The zero-order chi connectivity index (χ0) is 25.4. The summed E-state index contributed by atoms with van der Waals surface area (Å²) >= 11 is 26.3.